The fourth-order valence-electron chi connectivity index (χ4n) is 2.37. The molecule has 1 heterocycles. The molecule has 1 fully saturated rings. The molecule has 1 aliphatic rings. The molecule has 6 nitrogen and oxygen atoms in total. The first-order valence-electron chi connectivity index (χ1n) is 6.21. The lowest BCUT2D eigenvalue weighted by Gasteiger charge is -2.22. The fourth-order valence-corrected chi connectivity index (χ4v) is 2.37. The maximum absolute atomic E-state index is 9.22. The van der Waals surface area contributed by atoms with Crippen LogP contribution >= 0.6 is 0 Å². The van der Waals surface area contributed by atoms with Gasteiger partial charge in [0.05, 0.1) is 12.8 Å². The predicted molar refractivity (Wildman–Crippen MR) is 72.9 cm³/mol. The van der Waals surface area contributed by atoms with E-state index in [9.17, 15) is 5.11 Å². The van der Waals surface area contributed by atoms with E-state index in [2.05, 4.69) is 10.1 Å². The molecule has 0 bridgehead atoms. The Hall–Kier alpha value is -1.95. The summed E-state index contributed by atoms with van der Waals surface area (Å²) in [5.74, 6) is 1.06. The van der Waals surface area contributed by atoms with Gasteiger partial charge in [-0.25, -0.2) is 0 Å². The average Bonchev–Trinajstić information content (AvgIpc) is 2.94. The van der Waals surface area contributed by atoms with E-state index < -0.39 is 0 Å². The zero-order valence-corrected chi connectivity index (χ0v) is 10.9. The highest BCUT2D eigenvalue weighted by Crippen LogP contribution is 2.30. The molecule has 1 aromatic carbocycles. The van der Waals surface area contributed by atoms with E-state index in [1.807, 2.05) is 6.07 Å². The maximum atomic E-state index is 9.22. The lowest BCUT2D eigenvalue weighted by molar-refractivity contribution is 0.238. The summed E-state index contributed by atoms with van der Waals surface area (Å²) < 4.78 is 5.22. The number of aliphatic hydroxyl groups is 1. The van der Waals surface area contributed by atoms with E-state index >= 15 is 0 Å². The van der Waals surface area contributed by atoms with Crippen LogP contribution in [0.4, 0.5) is 5.69 Å². The first-order chi connectivity index (χ1) is 9.19. The van der Waals surface area contributed by atoms with Crippen LogP contribution in [0.15, 0.2) is 23.4 Å². The summed E-state index contributed by atoms with van der Waals surface area (Å²) in [5.41, 5.74) is 7.24. The zero-order chi connectivity index (χ0) is 13.8. The third-order valence-corrected chi connectivity index (χ3v) is 3.47. The molecule has 1 aromatic rings. The first-order valence-corrected chi connectivity index (χ1v) is 6.21. The van der Waals surface area contributed by atoms with Crippen molar-refractivity contribution in [1.82, 2.24) is 0 Å². The molecule has 19 heavy (non-hydrogen) atoms. The van der Waals surface area contributed by atoms with Crippen molar-refractivity contribution in [3.8, 4) is 5.75 Å². The van der Waals surface area contributed by atoms with Crippen molar-refractivity contribution in [2.45, 2.75) is 6.42 Å². The van der Waals surface area contributed by atoms with Crippen molar-refractivity contribution in [2.24, 2.45) is 16.8 Å². The Morgan fingerprint density at radius 1 is 1.58 bits per heavy atom. The zero-order valence-electron chi connectivity index (χ0n) is 10.9. The largest absolute Gasteiger partial charge is 0.497 e. The van der Waals surface area contributed by atoms with Crippen LogP contribution in [0.25, 0.3) is 0 Å². The third-order valence-electron chi connectivity index (χ3n) is 3.47. The molecule has 0 aliphatic carbocycles. The number of amidine groups is 1. The molecule has 1 aliphatic heterocycles. The van der Waals surface area contributed by atoms with Crippen molar-refractivity contribution in [3.63, 3.8) is 0 Å². The SMILES string of the molecule is COc1ccc(/C(N)=N/O)c(N2CCC(CO)C2)c1. The van der Waals surface area contributed by atoms with E-state index in [1.165, 1.54) is 0 Å². The van der Waals surface area contributed by atoms with Crippen LogP contribution in [-0.4, -0.2) is 43.0 Å². The standard InChI is InChI=1S/C13H19N3O3/c1-19-10-2-3-11(13(14)15-18)12(6-10)16-5-4-9(7-16)8-17/h2-3,6,9,17-18H,4-5,7-8H2,1H3,(H2,14,15). The fraction of sp³-hybridized carbons (Fsp3) is 0.462. The molecular formula is C13H19N3O3. The van der Waals surface area contributed by atoms with Crippen molar-refractivity contribution >= 4 is 11.5 Å². The molecule has 0 saturated carbocycles. The predicted octanol–water partition coefficient (Wildman–Crippen LogP) is 0.608. The van der Waals surface area contributed by atoms with Gasteiger partial charge >= 0.3 is 0 Å². The van der Waals surface area contributed by atoms with Gasteiger partial charge in [-0.2, -0.15) is 0 Å². The van der Waals surface area contributed by atoms with Gasteiger partial charge in [0.25, 0.3) is 0 Å². The summed E-state index contributed by atoms with van der Waals surface area (Å²) in [6.07, 6.45) is 0.934. The second-order valence-electron chi connectivity index (χ2n) is 4.65. The summed E-state index contributed by atoms with van der Waals surface area (Å²) in [7, 11) is 1.60. The Morgan fingerprint density at radius 2 is 2.37 bits per heavy atom. The highest BCUT2D eigenvalue weighted by molar-refractivity contribution is 6.02. The van der Waals surface area contributed by atoms with Gasteiger partial charge in [-0.3, -0.25) is 0 Å². The van der Waals surface area contributed by atoms with Gasteiger partial charge in [-0.05, 0) is 18.6 Å². The van der Waals surface area contributed by atoms with Crippen molar-refractivity contribution < 1.29 is 15.1 Å². The van der Waals surface area contributed by atoms with Crippen LogP contribution < -0.4 is 15.4 Å². The van der Waals surface area contributed by atoms with E-state index in [-0.39, 0.29) is 18.4 Å². The normalized spacial score (nSPS) is 19.8. The number of hydrogen-bond donors (Lipinski definition) is 3. The number of nitrogens with two attached hydrogens (primary N) is 1. The van der Waals surface area contributed by atoms with Crippen LogP contribution in [-0.2, 0) is 0 Å². The summed E-state index contributed by atoms with van der Waals surface area (Å²) in [6.45, 7) is 1.78. The number of hydrogen-bond acceptors (Lipinski definition) is 5. The lowest BCUT2D eigenvalue weighted by Crippen LogP contribution is -2.25. The van der Waals surface area contributed by atoms with Gasteiger partial charge in [0, 0.05) is 37.2 Å². The summed E-state index contributed by atoms with van der Waals surface area (Å²) in [6, 6.07) is 5.42. The summed E-state index contributed by atoms with van der Waals surface area (Å²) >= 11 is 0. The highest BCUT2D eigenvalue weighted by atomic mass is 16.5. The number of benzene rings is 1. The quantitative estimate of drug-likeness (QED) is 0.321. The van der Waals surface area contributed by atoms with Crippen LogP contribution in [0.1, 0.15) is 12.0 Å². The molecule has 0 aromatic heterocycles. The van der Waals surface area contributed by atoms with E-state index in [1.54, 1.807) is 19.2 Å². The minimum absolute atomic E-state index is 0.0742. The Labute approximate surface area is 112 Å². The molecule has 104 valence electrons. The minimum Gasteiger partial charge on any atom is -0.497 e. The lowest BCUT2D eigenvalue weighted by atomic mass is 10.1. The number of rotatable bonds is 4. The van der Waals surface area contributed by atoms with Gasteiger partial charge in [-0.1, -0.05) is 5.16 Å². The van der Waals surface area contributed by atoms with Gasteiger partial charge in [0.1, 0.15) is 5.75 Å². The molecule has 0 radical (unpaired) electrons. The highest BCUT2D eigenvalue weighted by Gasteiger charge is 2.24. The minimum atomic E-state index is 0.0742. The smallest absolute Gasteiger partial charge is 0.172 e. The van der Waals surface area contributed by atoms with Gasteiger partial charge in [0.15, 0.2) is 5.84 Å². The summed E-state index contributed by atoms with van der Waals surface area (Å²) in [5, 5.41) is 21.1. The van der Waals surface area contributed by atoms with Crippen molar-refractivity contribution in [1.29, 1.82) is 0 Å². The van der Waals surface area contributed by atoms with Gasteiger partial charge in [0.2, 0.25) is 0 Å². The van der Waals surface area contributed by atoms with E-state index in [0.29, 0.717) is 5.56 Å². The molecule has 2 rings (SSSR count). The van der Waals surface area contributed by atoms with Crippen molar-refractivity contribution in [3.05, 3.63) is 23.8 Å². The van der Waals surface area contributed by atoms with Crippen LogP contribution in [0.5, 0.6) is 5.75 Å². The maximum Gasteiger partial charge on any atom is 0.172 e. The van der Waals surface area contributed by atoms with Crippen LogP contribution in [0, 0.1) is 5.92 Å². The molecule has 1 saturated heterocycles. The van der Waals surface area contributed by atoms with E-state index in [4.69, 9.17) is 15.7 Å². The molecule has 1 unspecified atom stereocenters. The van der Waals surface area contributed by atoms with E-state index in [0.717, 1.165) is 30.9 Å². The average molecular weight is 265 g/mol. The molecule has 0 spiro atoms. The van der Waals surface area contributed by atoms with Crippen LogP contribution in [0.2, 0.25) is 0 Å². The monoisotopic (exact) mass is 265 g/mol. The Bertz CT molecular complexity index is 476. The number of nitrogens with zero attached hydrogens (tertiary/aromatic N) is 2. The van der Waals surface area contributed by atoms with Gasteiger partial charge in [-0.15, -0.1) is 0 Å². The Morgan fingerprint density at radius 3 is 2.95 bits per heavy atom. The Kier molecular flexibility index (Phi) is 4.11. The topological polar surface area (TPSA) is 91.3 Å². The number of anilines is 1. The second kappa shape index (κ2) is 5.79. The van der Waals surface area contributed by atoms with Crippen LogP contribution in [0.3, 0.4) is 0 Å². The molecule has 4 N–H and O–H groups in total. The van der Waals surface area contributed by atoms with Gasteiger partial charge < -0.3 is 25.7 Å². The Balaban J connectivity index is 2.36. The first kappa shape index (κ1) is 13.5. The molecule has 6 heteroatoms. The number of methoxy groups -OCH3 is 1. The number of aliphatic hydroxyl groups excluding tert-OH is 1. The van der Waals surface area contributed by atoms with Crippen molar-refractivity contribution in [2.75, 3.05) is 31.7 Å². The number of ether oxygens (including phenoxy) is 1. The molecule has 0 amide bonds. The molecule has 1 atom stereocenters. The third kappa shape index (κ3) is 2.73. The molecular weight excluding hydrogens is 246 g/mol. The summed E-state index contributed by atoms with van der Waals surface area (Å²) in [4.78, 5) is 2.12. The second-order valence-corrected chi connectivity index (χ2v) is 4.65. The number of oxime groups is 1.